The number of aliphatic hydroxyl groups is 1. The van der Waals surface area contributed by atoms with Crippen LogP contribution < -0.4 is 0 Å². The van der Waals surface area contributed by atoms with Gasteiger partial charge in [-0.1, -0.05) is 17.8 Å². The predicted molar refractivity (Wildman–Crippen MR) is 109 cm³/mol. The quantitative estimate of drug-likeness (QED) is 0.434. The van der Waals surface area contributed by atoms with Gasteiger partial charge < -0.3 is 5.11 Å². The number of aromatic nitrogens is 6. The van der Waals surface area contributed by atoms with Crippen molar-refractivity contribution in [3.63, 3.8) is 0 Å². The largest absolute Gasteiger partial charge is 0.382 e. The molecule has 0 saturated carbocycles. The van der Waals surface area contributed by atoms with Gasteiger partial charge in [-0.3, -0.25) is 4.98 Å². The van der Waals surface area contributed by atoms with Crippen LogP contribution in [-0.2, 0) is 12.1 Å². The molecule has 0 radical (unpaired) electrons. The van der Waals surface area contributed by atoms with Crippen molar-refractivity contribution >= 4 is 23.3 Å². The minimum atomic E-state index is -1.71. The van der Waals surface area contributed by atoms with Crippen molar-refractivity contribution in [2.24, 2.45) is 0 Å². The van der Waals surface area contributed by atoms with Crippen LogP contribution in [0.1, 0.15) is 12.5 Å². The summed E-state index contributed by atoms with van der Waals surface area (Å²) in [7, 11) is 0. The van der Waals surface area contributed by atoms with E-state index in [0.29, 0.717) is 10.2 Å². The summed E-state index contributed by atoms with van der Waals surface area (Å²) in [5.74, 6) is -1.00. The van der Waals surface area contributed by atoms with E-state index in [1.54, 1.807) is 31.5 Å². The fraction of sp³-hybridized carbons (Fsp3) is 0.211. The third-order valence-corrected chi connectivity index (χ3v) is 6.62. The van der Waals surface area contributed by atoms with Gasteiger partial charge in [0.05, 0.1) is 6.54 Å². The molecule has 11 heteroatoms. The lowest BCUT2D eigenvalue weighted by molar-refractivity contribution is 0.0133. The van der Waals surface area contributed by atoms with Crippen molar-refractivity contribution in [3.05, 3.63) is 72.6 Å². The maximum atomic E-state index is 14.6. The van der Waals surface area contributed by atoms with Crippen LogP contribution in [0.15, 0.2) is 59.7 Å². The van der Waals surface area contributed by atoms with Gasteiger partial charge in [0.1, 0.15) is 29.9 Å². The molecule has 0 bridgehead atoms. The SMILES string of the molecule is CC(Sc1nc(-c2ccncc2)ns1)C(O)(Cn1cncn1)c1ccc(F)cc1F. The molecule has 1 aromatic carbocycles. The summed E-state index contributed by atoms with van der Waals surface area (Å²) >= 11 is 2.43. The third kappa shape index (κ3) is 4.23. The van der Waals surface area contributed by atoms with Gasteiger partial charge in [0.25, 0.3) is 0 Å². The topological polar surface area (TPSA) is 89.6 Å². The number of halogens is 2. The molecule has 0 spiro atoms. The van der Waals surface area contributed by atoms with Crippen molar-refractivity contribution in [1.82, 2.24) is 29.1 Å². The van der Waals surface area contributed by atoms with Crippen LogP contribution in [0.4, 0.5) is 8.78 Å². The van der Waals surface area contributed by atoms with E-state index in [4.69, 9.17) is 0 Å². The zero-order valence-electron chi connectivity index (χ0n) is 15.7. The maximum Gasteiger partial charge on any atom is 0.174 e. The third-order valence-electron chi connectivity index (χ3n) is 4.56. The van der Waals surface area contributed by atoms with E-state index >= 15 is 0 Å². The van der Waals surface area contributed by atoms with Gasteiger partial charge in [0, 0.05) is 34.8 Å². The van der Waals surface area contributed by atoms with Crippen LogP contribution in [0.5, 0.6) is 0 Å². The second-order valence-corrected chi connectivity index (χ2v) is 8.86. The zero-order valence-corrected chi connectivity index (χ0v) is 17.3. The first-order valence-corrected chi connectivity index (χ1v) is 10.5. The molecule has 0 aliphatic rings. The van der Waals surface area contributed by atoms with E-state index in [1.165, 1.54) is 46.7 Å². The Balaban J connectivity index is 1.64. The Morgan fingerprint density at radius 1 is 1.20 bits per heavy atom. The highest BCUT2D eigenvalue weighted by molar-refractivity contribution is 8.01. The summed E-state index contributed by atoms with van der Waals surface area (Å²) in [6.07, 6.45) is 6.06. The molecule has 0 saturated heterocycles. The maximum absolute atomic E-state index is 14.6. The van der Waals surface area contributed by atoms with E-state index in [2.05, 4.69) is 24.4 Å². The summed E-state index contributed by atoms with van der Waals surface area (Å²) in [4.78, 5) is 12.4. The predicted octanol–water partition coefficient (Wildman–Crippen LogP) is 3.54. The van der Waals surface area contributed by atoms with Gasteiger partial charge in [-0.05, 0) is 36.7 Å². The first kappa shape index (κ1) is 20.5. The molecule has 30 heavy (non-hydrogen) atoms. The first-order chi connectivity index (χ1) is 14.5. The molecule has 3 aromatic heterocycles. The lowest BCUT2D eigenvalue weighted by atomic mass is 9.90. The number of rotatable bonds is 7. The Hall–Kier alpha value is -2.76. The summed E-state index contributed by atoms with van der Waals surface area (Å²) < 4.78 is 34.4. The van der Waals surface area contributed by atoms with Crippen molar-refractivity contribution in [3.8, 4) is 11.4 Å². The number of benzene rings is 1. The van der Waals surface area contributed by atoms with E-state index < -0.39 is 22.5 Å². The molecule has 0 fully saturated rings. The average Bonchev–Trinajstić information content (AvgIpc) is 3.40. The van der Waals surface area contributed by atoms with Crippen molar-refractivity contribution < 1.29 is 13.9 Å². The molecular formula is C19H16F2N6OS2. The number of hydrogen-bond acceptors (Lipinski definition) is 8. The fourth-order valence-electron chi connectivity index (χ4n) is 2.96. The van der Waals surface area contributed by atoms with E-state index in [-0.39, 0.29) is 12.1 Å². The molecule has 4 rings (SSSR count). The van der Waals surface area contributed by atoms with Gasteiger partial charge in [-0.15, -0.1) is 0 Å². The highest BCUT2D eigenvalue weighted by Gasteiger charge is 2.40. The molecule has 4 aromatic rings. The van der Waals surface area contributed by atoms with Crippen LogP contribution in [0, 0.1) is 11.6 Å². The summed E-state index contributed by atoms with van der Waals surface area (Å²) in [5.41, 5.74) is -0.917. The Labute approximate surface area is 179 Å². The minimum Gasteiger partial charge on any atom is -0.382 e. The smallest absolute Gasteiger partial charge is 0.174 e. The normalized spacial score (nSPS) is 14.4. The molecule has 2 unspecified atom stereocenters. The highest BCUT2D eigenvalue weighted by atomic mass is 32.2. The van der Waals surface area contributed by atoms with Gasteiger partial charge in [-0.2, -0.15) is 9.47 Å². The molecule has 0 amide bonds. The van der Waals surface area contributed by atoms with Crippen LogP contribution in [0.25, 0.3) is 11.4 Å². The monoisotopic (exact) mass is 446 g/mol. The van der Waals surface area contributed by atoms with Gasteiger partial charge in [-0.25, -0.2) is 23.4 Å². The number of pyridine rings is 1. The van der Waals surface area contributed by atoms with Gasteiger partial charge in [0.2, 0.25) is 0 Å². The van der Waals surface area contributed by atoms with E-state index in [1.807, 2.05) is 0 Å². The molecule has 0 aliphatic carbocycles. The Morgan fingerprint density at radius 3 is 2.70 bits per heavy atom. The van der Waals surface area contributed by atoms with E-state index in [9.17, 15) is 13.9 Å². The number of hydrogen-bond donors (Lipinski definition) is 1. The van der Waals surface area contributed by atoms with Gasteiger partial charge >= 0.3 is 0 Å². The highest BCUT2D eigenvalue weighted by Crippen LogP contribution is 2.40. The number of thioether (sulfide) groups is 1. The molecule has 7 nitrogen and oxygen atoms in total. The Kier molecular flexibility index (Phi) is 5.84. The summed E-state index contributed by atoms with van der Waals surface area (Å²) in [6, 6.07) is 6.73. The molecule has 154 valence electrons. The molecular weight excluding hydrogens is 430 g/mol. The lowest BCUT2D eigenvalue weighted by Crippen LogP contribution is -2.41. The average molecular weight is 447 g/mol. The number of nitrogens with zero attached hydrogens (tertiary/aromatic N) is 6. The van der Waals surface area contributed by atoms with Crippen LogP contribution in [0.3, 0.4) is 0 Å². The minimum absolute atomic E-state index is 0.0294. The van der Waals surface area contributed by atoms with Crippen LogP contribution in [0.2, 0.25) is 0 Å². The van der Waals surface area contributed by atoms with Crippen molar-refractivity contribution in [2.75, 3.05) is 0 Å². The van der Waals surface area contributed by atoms with Crippen molar-refractivity contribution in [1.29, 1.82) is 0 Å². The molecule has 2 atom stereocenters. The van der Waals surface area contributed by atoms with E-state index in [0.717, 1.165) is 17.7 Å². The Bertz CT molecular complexity index is 1130. The molecule has 1 N–H and O–H groups in total. The van der Waals surface area contributed by atoms with Crippen molar-refractivity contribution in [2.45, 2.75) is 28.7 Å². The second-order valence-electron chi connectivity index (χ2n) is 6.52. The standard InChI is InChI=1S/C19H16F2N6OS2/c1-12(29-18-25-17(26-30-18)13-4-6-22-7-5-13)19(28,9-27-11-23-10-24-27)15-3-2-14(20)8-16(15)21/h2-8,10-12,28H,9H2,1H3. The fourth-order valence-corrected chi connectivity index (χ4v) is 4.95. The van der Waals surface area contributed by atoms with Crippen LogP contribution in [-0.4, -0.2) is 39.5 Å². The Morgan fingerprint density at radius 2 is 2.00 bits per heavy atom. The lowest BCUT2D eigenvalue weighted by Gasteiger charge is -2.33. The molecule has 0 aliphatic heterocycles. The summed E-state index contributed by atoms with van der Waals surface area (Å²) in [6.45, 7) is 1.68. The second kappa shape index (κ2) is 8.54. The summed E-state index contributed by atoms with van der Waals surface area (Å²) in [5, 5.41) is 15.0. The zero-order chi connectivity index (χ0) is 21.1. The first-order valence-electron chi connectivity index (χ1n) is 8.87. The van der Waals surface area contributed by atoms with Crippen LogP contribution >= 0.6 is 23.3 Å². The molecule has 3 heterocycles. The van der Waals surface area contributed by atoms with Gasteiger partial charge in [0.15, 0.2) is 10.2 Å².